The molecule has 0 radical (unpaired) electrons. The van der Waals surface area contributed by atoms with Gasteiger partial charge < -0.3 is 10.4 Å². The molecule has 1 unspecified atom stereocenters. The third-order valence-corrected chi connectivity index (χ3v) is 2.48. The van der Waals surface area contributed by atoms with Gasteiger partial charge in [0, 0.05) is 18.5 Å². The lowest BCUT2D eigenvalue weighted by Gasteiger charge is -2.09. The summed E-state index contributed by atoms with van der Waals surface area (Å²) in [7, 11) is 0. The molecule has 1 aliphatic rings. The minimum absolute atomic E-state index is 0.00722. The van der Waals surface area contributed by atoms with E-state index in [1.54, 1.807) is 6.07 Å². The number of halogens is 1. The number of hydrogen-bond donors (Lipinski definition) is 2. The van der Waals surface area contributed by atoms with Gasteiger partial charge in [-0.05, 0) is 24.6 Å². The van der Waals surface area contributed by atoms with Crippen molar-refractivity contribution in [3.05, 3.63) is 29.6 Å². The second kappa shape index (κ2) is 3.34. The van der Waals surface area contributed by atoms with Gasteiger partial charge in [-0.2, -0.15) is 0 Å². The van der Waals surface area contributed by atoms with Crippen LogP contribution >= 0.6 is 0 Å². The van der Waals surface area contributed by atoms with E-state index in [0.29, 0.717) is 5.56 Å². The molecule has 2 rings (SSSR count). The van der Waals surface area contributed by atoms with Crippen molar-refractivity contribution in [2.75, 3.05) is 13.1 Å². The van der Waals surface area contributed by atoms with Crippen LogP contribution in [0.2, 0.25) is 0 Å². The Morgan fingerprint density at radius 3 is 2.92 bits per heavy atom. The molecule has 1 aromatic carbocycles. The van der Waals surface area contributed by atoms with Crippen LogP contribution in [-0.4, -0.2) is 18.2 Å². The fourth-order valence-corrected chi connectivity index (χ4v) is 1.77. The Bertz CT molecular complexity index is 308. The predicted octanol–water partition coefficient (Wildman–Crippen LogP) is 1.61. The van der Waals surface area contributed by atoms with Gasteiger partial charge in [-0.3, -0.25) is 0 Å². The molecular weight excluding hydrogens is 169 g/mol. The van der Waals surface area contributed by atoms with E-state index in [4.69, 9.17) is 5.11 Å². The van der Waals surface area contributed by atoms with Crippen LogP contribution in [0.5, 0.6) is 5.75 Å². The summed E-state index contributed by atoms with van der Waals surface area (Å²) < 4.78 is 13.3. The van der Waals surface area contributed by atoms with Gasteiger partial charge in [0.25, 0.3) is 0 Å². The van der Waals surface area contributed by atoms with E-state index in [2.05, 4.69) is 5.32 Å². The summed E-state index contributed by atoms with van der Waals surface area (Å²) in [6.07, 6.45) is 0.974. The molecule has 13 heavy (non-hydrogen) atoms. The Morgan fingerprint density at radius 1 is 1.46 bits per heavy atom. The lowest BCUT2D eigenvalue weighted by Crippen LogP contribution is -2.08. The molecule has 0 aromatic heterocycles. The standard InChI is InChI=1S/C10H12FNO/c11-10-5-8(13)1-2-9(10)7-3-4-12-6-7/h1-2,5,7,12-13H,3-4,6H2. The maximum atomic E-state index is 13.3. The van der Waals surface area contributed by atoms with E-state index < -0.39 is 0 Å². The maximum Gasteiger partial charge on any atom is 0.130 e. The molecule has 0 aliphatic carbocycles. The first-order valence-corrected chi connectivity index (χ1v) is 4.46. The zero-order chi connectivity index (χ0) is 9.26. The summed E-state index contributed by atoms with van der Waals surface area (Å²) in [6, 6.07) is 4.38. The van der Waals surface area contributed by atoms with Crippen molar-refractivity contribution in [1.82, 2.24) is 5.32 Å². The Morgan fingerprint density at radius 2 is 2.31 bits per heavy atom. The number of benzene rings is 1. The molecule has 1 heterocycles. The summed E-state index contributed by atoms with van der Waals surface area (Å²) in [4.78, 5) is 0. The number of phenols is 1. The average molecular weight is 181 g/mol. The smallest absolute Gasteiger partial charge is 0.130 e. The summed E-state index contributed by atoms with van der Waals surface area (Å²) in [5, 5.41) is 12.2. The van der Waals surface area contributed by atoms with E-state index in [1.807, 2.05) is 0 Å². The highest BCUT2D eigenvalue weighted by atomic mass is 19.1. The molecule has 0 amide bonds. The van der Waals surface area contributed by atoms with Gasteiger partial charge in [0.05, 0.1) is 0 Å². The zero-order valence-electron chi connectivity index (χ0n) is 7.26. The number of phenolic OH excluding ortho intramolecular Hbond substituents is 1. The fourth-order valence-electron chi connectivity index (χ4n) is 1.77. The minimum Gasteiger partial charge on any atom is -0.508 e. The predicted molar refractivity (Wildman–Crippen MR) is 48.3 cm³/mol. The number of nitrogens with one attached hydrogen (secondary N) is 1. The summed E-state index contributed by atoms with van der Waals surface area (Å²) in [5.74, 6) is -0.0403. The first kappa shape index (κ1) is 8.51. The molecule has 2 N–H and O–H groups in total. The lowest BCUT2D eigenvalue weighted by atomic mass is 9.98. The van der Waals surface area contributed by atoms with E-state index in [0.717, 1.165) is 19.5 Å². The van der Waals surface area contributed by atoms with Gasteiger partial charge in [0.15, 0.2) is 0 Å². The van der Waals surface area contributed by atoms with Gasteiger partial charge in [0.1, 0.15) is 11.6 Å². The summed E-state index contributed by atoms with van der Waals surface area (Å²) in [6.45, 7) is 1.78. The fraction of sp³-hybridized carbons (Fsp3) is 0.400. The Kier molecular flexibility index (Phi) is 2.19. The quantitative estimate of drug-likeness (QED) is 0.689. The van der Waals surface area contributed by atoms with Gasteiger partial charge in [-0.25, -0.2) is 4.39 Å². The van der Waals surface area contributed by atoms with Crippen LogP contribution in [0.25, 0.3) is 0 Å². The SMILES string of the molecule is Oc1ccc(C2CCNC2)c(F)c1. The van der Waals surface area contributed by atoms with Crippen LogP contribution in [0, 0.1) is 5.82 Å². The number of rotatable bonds is 1. The molecule has 1 fully saturated rings. The first-order valence-electron chi connectivity index (χ1n) is 4.46. The van der Waals surface area contributed by atoms with E-state index >= 15 is 0 Å². The molecule has 1 atom stereocenters. The number of aromatic hydroxyl groups is 1. The molecular formula is C10H12FNO. The third kappa shape index (κ3) is 1.65. The maximum absolute atomic E-state index is 13.3. The first-order chi connectivity index (χ1) is 6.27. The molecule has 2 nitrogen and oxygen atoms in total. The van der Waals surface area contributed by atoms with Crippen molar-refractivity contribution in [3.8, 4) is 5.75 Å². The molecule has 0 saturated carbocycles. The van der Waals surface area contributed by atoms with Crippen molar-refractivity contribution in [2.24, 2.45) is 0 Å². The molecule has 3 heteroatoms. The van der Waals surface area contributed by atoms with Crippen LogP contribution in [0.3, 0.4) is 0 Å². The van der Waals surface area contributed by atoms with Crippen molar-refractivity contribution in [1.29, 1.82) is 0 Å². The van der Waals surface area contributed by atoms with Crippen LogP contribution < -0.4 is 5.32 Å². The van der Waals surface area contributed by atoms with E-state index in [-0.39, 0.29) is 17.5 Å². The van der Waals surface area contributed by atoms with Crippen LogP contribution in [0.4, 0.5) is 4.39 Å². The second-order valence-electron chi connectivity index (χ2n) is 3.40. The Labute approximate surface area is 76.4 Å². The molecule has 70 valence electrons. The molecule has 0 spiro atoms. The normalized spacial score (nSPS) is 22.1. The highest BCUT2D eigenvalue weighted by Crippen LogP contribution is 2.26. The molecule has 0 bridgehead atoms. The van der Waals surface area contributed by atoms with Crippen molar-refractivity contribution in [2.45, 2.75) is 12.3 Å². The highest BCUT2D eigenvalue weighted by molar-refractivity contribution is 5.30. The second-order valence-corrected chi connectivity index (χ2v) is 3.40. The van der Waals surface area contributed by atoms with E-state index in [1.165, 1.54) is 12.1 Å². The average Bonchev–Trinajstić information content (AvgIpc) is 2.56. The minimum atomic E-state index is -0.297. The van der Waals surface area contributed by atoms with Gasteiger partial charge >= 0.3 is 0 Å². The third-order valence-electron chi connectivity index (χ3n) is 2.48. The lowest BCUT2D eigenvalue weighted by molar-refractivity contribution is 0.466. The van der Waals surface area contributed by atoms with Gasteiger partial charge in [0.2, 0.25) is 0 Å². The summed E-state index contributed by atoms with van der Waals surface area (Å²) >= 11 is 0. The summed E-state index contributed by atoms with van der Waals surface area (Å²) in [5.41, 5.74) is 0.711. The largest absolute Gasteiger partial charge is 0.508 e. The Balaban J connectivity index is 2.29. The highest BCUT2D eigenvalue weighted by Gasteiger charge is 2.19. The van der Waals surface area contributed by atoms with Gasteiger partial charge in [-0.15, -0.1) is 0 Å². The molecule has 1 aromatic rings. The number of hydrogen-bond acceptors (Lipinski definition) is 2. The van der Waals surface area contributed by atoms with Crippen LogP contribution in [0.1, 0.15) is 17.9 Å². The van der Waals surface area contributed by atoms with Crippen molar-refractivity contribution in [3.63, 3.8) is 0 Å². The van der Waals surface area contributed by atoms with Gasteiger partial charge in [-0.1, -0.05) is 6.07 Å². The Hall–Kier alpha value is -1.09. The monoisotopic (exact) mass is 181 g/mol. The van der Waals surface area contributed by atoms with Crippen LogP contribution in [0.15, 0.2) is 18.2 Å². The van der Waals surface area contributed by atoms with Crippen molar-refractivity contribution < 1.29 is 9.50 Å². The van der Waals surface area contributed by atoms with Crippen LogP contribution in [-0.2, 0) is 0 Å². The van der Waals surface area contributed by atoms with Crippen molar-refractivity contribution >= 4 is 0 Å². The topological polar surface area (TPSA) is 32.3 Å². The van der Waals surface area contributed by atoms with E-state index in [9.17, 15) is 4.39 Å². The molecule has 1 aliphatic heterocycles. The molecule has 1 saturated heterocycles. The zero-order valence-corrected chi connectivity index (χ0v) is 7.26.